The fourth-order valence-electron chi connectivity index (χ4n) is 3.41. The van der Waals surface area contributed by atoms with Gasteiger partial charge in [-0.25, -0.2) is 0 Å². The molecule has 0 amide bonds. The number of nitrogens with zero attached hydrogens (tertiary/aromatic N) is 1. The molecule has 0 N–H and O–H groups in total. The summed E-state index contributed by atoms with van der Waals surface area (Å²) in [7, 11) is 2.16. The van der Waals surface area contributed by atoms with Crippen LogP contribution >= 0.6 is 11.8 Å². The van der Waals surface area contributed by atoms with E-state index in [4.69, 9.17) is 0 Å². The van der Waals surface area contributed by atoms with E-state index >= 15 is 0 Å². The molecule has 0 saturated carbocycles. The summed E-state index contributed by atoms with van der Waals surface area (Å²) in [5.41, 5.74) is 6.44. The minimum absolute atomic E-state index is 1.12. The largest absolute Gasteiger partial charge is 0.343 e. The lowest BCUT2D eigenvalue weighted by Crippen LogP contribution is -2.13. The van der Waals surface area contributed by atoms with E-state index in [1.165, 1.54) is 43.7 Å². The van der Waals surface area contributed by atoms with Gasteiger partial charge in [-0.05, 0) is 47.9 Å². The highest BCUT2D eigenvalue weighted by Crippen LogP contribution is 2.50. The van der Waals surface area contributed by atoms with Crippen LogP contribution < -0.4 is 4.90 Å². The Morgan fingerprint density at radius 2 is 1.74 bits per heavy atom. The van der Waals surface area contributed by atoms with Gasteiger partial charge in [0.2, 0.25) is 0 Å². The highest BCUT2D eigenvalue weighted by molar-refractivity contribution is 8.08. The van der Waals surface area contributed by atoms with Gasteiger partial charge in [0.25, 0.3) is 0 Å². The Bertz CT molecular complexity index is 955. The fourth-order valence-corrected chi connectivity index (χ4v) is 4.52. The predicted octanol–water partition coefficient (Wildman–Crippen LogP) is 6.30. The van der Waals surface area contributed by atoms with Gasteiger partial charge in [0.1, 0.15) is 0 Å². The van der Waals surface area contributed by atoms with Gasteiger partial charge in [0.05, 0.1) is 5.69 Å². The lowest BCUT2D eigenvalue weighted by Gasteiger charge is -2.24. The third-order valence-corrected chi connectivity index (χ3v) is 5.78. The molecule has 0 aromatic heterocycles. The molecule has 2 heteroatoms. The molecule has 0 aliphatic carbocycles. The Morgan fingerprint density at radius 3 is 2.57 bits per heavy atom. The number of aryl methyl sites for hydroxylation is 1. The lowest BCUT2D eigenvalue weighted by atomic mass is 10.0. The molecule has 0 saturated heterocycles. The summed E-state index contributed by atoms with van der Waals surface area (Å²) in [5, 5.41) is 2.54. The second-order valence-corrected chi connectivity index (χ2v) is 7.26. The lowest BCUT2D eigenvalue weighted by molar-refractivity contribution is 1.13. The zero-order chi connectivity index (χ0) is 16.1. The first-order chi connectivity index (χ1) is 11.1. The summed E-state index contributed by atoms with van der Waals surface area (Å²) < 4.78 is 0. The van der Waals surface area contributed by atoms with E-state index in [1.54, 1.807) is 11.8 Å². The van der Waals surface area contributed by atoms with Crippen LogP contribution in [0.5, 0.6) is 0 Å². The van der Waals surface area contributed by atoms with Crippen molar-refractivity contribution in [3.63, 3.8) is 0 Å². The topological polar surface area (TPSA) is 3.24 Å². The van der Waals surface area contributed by atoms with Gasteiger partial charge in [0, 0.05) is 28.1 Å². The number of fused-ring (bicyclic) bond motifs is 4. The summed E-state index contributed by atoms with van der Waals surface area (Å²) in [6, 6.07) is 17.4. The molecule has 1 aliphatic rings. The Morgan fingerprint density at radius 1 is 0.957 bits per heavy atom. The van der Waals surface area contributed by atoms with E-state index < -0.39 is 0 Å². The molecule has 0 radical (unpaired) electrons. The fraction of sp³-hybridized carbons (Fsp3) is 0.143. The highest BCUT2D eigenvalue weighted by Gasteiger charge is 2.24. The van der Waals surface area contributed by atoms with E-state index in [-0.39, 0.29) is 0 Å². The summed E-state index contributed by atoms with van der Waals surface area (Å²) in [6.45, 7) is 8.77. The van der Waals surface area contributed by atoms with E-state index in [0.717, 1.165) is 4.91 Å². The van der Waals surface area contributed by atoms with Gasteiger partial charge < -0.3 is 4.90 Å². The zero-order valence-corrected chi connectivity index (χ0v) is 14.5. The smallest absolute Gasteiger partial charge is 0.0582 e. The van der Waals surface area contributed by atoms with Crippen molar-refractivity contribution < 1.29 is 0 Å². The average Bonchev–Trinajstić information content (AvgIpc) is 2.67. The number of benzene rings is 3. The molecule has 114 valence electrons. The van der Waals surface area contributed by atoms with Gasteiger partial charge in [-0.15, -0.1) is 0 Å². The molecule has 1 nitrogen and oxygen atoms in total. The number of hydrogen-bond acceptors (Lipinski definition) is 2. The van der Waals surface area contributed by atoms with Gasteiger partial charge in [-0.2, -0.15) is 0 Å². The van der Waals surface area contributed by atoms with Crippen molar-refractivity contribution in [3.8, 4) is 0 Å². The van der Waals surface area contributed by atoms with Crippen LogP contribution in [-0.2, 0) is 0 Å². The van der Waals surface area contributed by atoms with Crippen LogP contribution in [0.1, 0.15) is 16.7 Å². The van der Waals surface area contributed by atoms with Crippen molar-refractivity contribution in [3.05, 3.63) is 71.8 Å². The minimum Gasteiger partial charge on any atom is -0.343 e. The second kappa shape index (κ2) is 5.17. The number of anilines is 2. The van der Waals surface area contributed by atoms with Crippen LogP contribution in [0.25, 0.3) is 15.7 Å². The Kier molecular flexibility index (Phi) is 3.24. The molecule has 3 aromatic carbocycles. The molecule has 0 unspecified atom stereocenters. The summed E-state index contributed by atoms with van der Waals surface area (Å²) in [5.74, 6) is 0. The van der Waals surface area contributed by atoms with E-state index in [2.05, 4.69) is 80.9 Å². The minimum atomic E-state index is 1.12. The normalized spacial score (nSPS) is 13.7. The van der Waals surface area contributed by atoms with Crippen LogP contribution in [0.2, 0.25) is 0 Å². The summed E-state index contributed by atoms with van der Waals surface area (Å²) in [6.07, 6.45) is 0. The maximum Gasteiger partial charge on any atom is 0.0582 e. The molecule has 0 atom stereocenters. The molecular formula is C21H19NS. The van der Waals surface area contributed by atoms with Crippen LogP contribution in [0.15, 0.2) is 60.0 Å². The SMILES string of the molecule is C=C1Sc2ccc(C)c(C)c2N(C)c2ccc3ccccc3c21. The predicted molar refractivity (Wildman–Crippen MR) is 103 cm³/mol. The van der Waals surface area contributed by atoms with Gasteiger partial charge in [-0.1, -0.05) is 54.7 Å². The monoisotopic (exact) mass is 317 g/mol. The molecule has 4 rings (SSSR count). The van der Waals surface area contributed by atoms with Crippen molar-refractivity contribution in [1.82, 2.24) is 0 Å². The average molecular weight is 317 g/mol. The molecule has 1 aliphatic heterocycles. The maximum absolute atomic E-state index is 4.39. The molecule has 3 aromatic rings. The van der Waals surface area contributed by atoms with Crippen molar-refractivity contribution in [2.45, 2.75) is 18.7 Å². The maximum atomic E-state index is 4.39. The van der Waals surface area contributed by atoms with Crippen molar-refractivity contribution in [1.29, 1.82) is 0 Å². The molecule has 0 bridgehead atoms. The first kappa shape index (κ1) is 14.4. The Labute approximate surface area is 141 Å². The molecule has 0 spiro atoms. The highest BCUT2D eigenvalue weighted by atomic mass is 32.2. The van der Waals surface area contributed by atoms with Crippen molar-refractivity contribution in [2.75, 3.05) is 11.9 Å². The van der Waals surface area contributed by atoms with E-state index in [0.29, 0.717) is 0 Å². The van der Waals surface area contributed by atoms with Gasteiger partial charge >= 0.3 is 0 Å². The number of hydrogen-bond donors (Lipinski definition) is 0. The van der Waals surface area contributed by atoms with Gasteiger partial charge in [0.15, 0.2) is 0 Å². The van der Waals surface area contributed by atoms with Crippen molar-refractivity contribution >= 4 is 38.8 Å². The molecular weight excluding hydrogens is 298 g/mol. The summed E-state index contributed by atoms with van der Waals surface area (Å²) >= 11 is 1.78. The molecule has 23 heavy (non-hydrogen) atoms. The quantitative estimate of drug-likeness (QED) is 0.478. The Balaban J connectivity index is 2.07. The standard InChI is InChI=1S/C21H19NS/c1-13-9-12-19-21(14(13)2)22(4)18-11-10-16-7-5-6-8-17(16)20(18)15(3)23-19/h5-12H,3H2,1-2,4H3. The second-order valence-electron chi connectivity index (χ2n) is 6.12. The first-order valence-corrected chi connectivity index (χ1v) is 8.62. The van der Waals surface area contributed by atoms with Crippen molar-refractivity contribution in [2.24, 2.45) is 0 Å². The molecule has 0 fully saturated rings. The van der Waals surface area contributed by atoms with E-state index in [1.807, 2.05) is 0 Å². The number of rotatable bonds is 0. The summed E-state index contributed by atoms with van der Waals surface area (Å²) in [4.78, 5) is 4.72. The van der Waals surface area contributed by atoms with Gasteiger partial charge in [-0.3, -0.25) is 0 Å². The van der Waals surface area contributed by atoms with Crippen LogP contribution in [0.4, 0.5) is 11.4 Å². The van der Waals surface area contributed by atoms with Crippen LogP contribution in [-0.4, -0.2) is 7.05 Å². The molecule has 1 heterocycles. The third-order valence-electron chi connectivity index (χ3n) is 4.78. The Hall–Kier alpha value is -2.19. The van der Waals surface area contributed by atoms with Crippen LogP contribution in [0.3, 0.4) is 0 Å². The third kappa shape index (κ3) is 2.09. The first-order valence-electron chi connectivity index (χ1n) is 7.80. The van der Waals surface area contributed by atoms with Crippen LogP contribution in [0, 0.1) is 13.8 Å². The number of thioether (sulfide) groups is 1. The van der Waals surface area contributed by atoms with E-state index in [9.17, 15) is 0 Å². The zero-order valence-electron chi connectivity index (χ0n) is 13.7.